The van der Waals surface area contributed by atoms with Crippen LogP contribution in [0.4, 0.5) is 0 Å². The molecule has 1 aromatic rings. The Balaban J connectivity index is 2.54. The highest BCUT2D eigenvalue weighted by Gasteiger charge is 2.14. The number of nitrogens with one attached hydrogen (secondary N) is 1. The highest BCUT2D eigenvalue weighted by Crippen LogP contribution is 2.22. The molecule has 1 atom stereocenters. The third kappa shape index (κ3) is 7.13. The molecule has 1 unspecified atom stereocenters. The van der Waals surface area contributed by atoms with Crippen LogP contribution in [-0.4, -0.2) is 12.6 Å². The molecule has 1 N–H and O–H groups in total. The van der Waals surface area contributed by atoms with Gasteiger partial charge in [0.25, 0.3) is 0 Å². The Morgan fingerprint density at radius 1 is 0.952 bits per heavy atom. The number of hydrogen-bond donors (Lipinski definition) is 1. The summed E-state index contributed by atoms with van der Waals surface area (Å²) in [6.45, 7) is 12.4. The van der Waals surface area contributed by atoms with Crippen LogP contribution < -0.4 is 5.32 Å². The van der Waals surface area contributed by atoms with E-state index in [2.05, 4.69) is 64.2 Å². The van der Waals surface area contributed by atoms with E-state index in [1.807, 2.05) is 0 Å². The molecule has 0 aliphatic carbocycles. The predicted octanol–water partition coefficient (Wildman–Crippen LogP) is 5.48. The van der Waals surface area contributed by atoms with Crippen LogP contribution >= 0.6 is 0 Å². The van der Waals surface area contributed by atoms with Crippen LogP contribution in [0.2, 0.25) is 0 Å². The molecule has 1 heteroatoms. The normalized spacial score (nSPS) is 13.4. The van der Waals surface area contributed by atoms with Crippen molar-refractivity contribution < 1.29 is 0 Å². The third-order valence-corrected chi connectivity index (χ3v) is 4.20. The molecule has 0 saturated carbocycles. The van der Waals surface area contributed by atoms with Gasteiger partial charge in [0.15, 0.2) is 0 Å². The predicted molar refractivity (Wildman–Crippen MR) is 95.1 cm³/mol. The number of likely N-dealkylation sites (N-methyl/N-ethyl adjacent to an activating group) is 1. The molecule has 0 fully saturated rings. The summed E-state index contributed by atoms with van der Waals surface area (Å²) in [7, 11) is 0. The maximum Gasteiger partial charge on any atom is 0.0107 e. The molecular formula is C20H35N. The molecule has 0 aromatic heterocycles. The van der Waals surface area contributed by atoms with E-state index in [9.17, 15) is 0 Å². The fourth-order valence-corrected chi connectivity index (χ4v) is 2.81. The van der Waals surface area contributed by atoms with Crippen LogP contribution in [0.15, 0.2) is 24.3 Å². The maximum atomic E-state index is 3.65. The third-order valence-electron chi connectivity index (χ3n) is 4.20. The summed E-state index contributed by atoms with van der Waals surface area (Å²) < 4.78 is 0. The lowest BCUT2D eigenvalue weighted by Crippen LogP contribution is -2.31. The zero-order valence-electron chi connectivity index (χ0n) is 14.8. The van der Waals surface area contributed by atoms with Gasteiger partial charge in [-0.3, -0.25) is 0 Å². The van der Waals surface area contributed by atoms with E-state index in [1.54, 1.807) is 0 Å². The van der Waals surface area contributed by atoms with Gasteiger partial charge in [0.2, 0.25) is 0 Å². The first kappa shape index (κ1) is 18.2. The number of rotatable bonds is 9. The van der Waals surface area contributed by atoms with E-state index >= 15 is 0 Å². The summed E-state index contributed by atoms with van der Waals surface area (Å²) in [6, 6.07) is 9.87. The first-order valence-corrected chi connectivity index (χ1v) is 8.80. The van der Waals surface area contributed by atoms with Crippen LogP contribution in [0.3, 0.4) is 0 Å². The molecule has 1 nitrogen and oxygen atoms in total. The van der Waals surface area contributed by atoms with Gasteiger partial charge in [0.1, 0.15) is 0 Å². The van der Waals surface area contributed by atoms with Gasteiger partial charge in [-0.1, -0.05) is 84.6 Å². The minimum atomic E-state index is 0.250. The maximum absolute atomic E-state index is 3.65. The molecular weight excluding hydrogens is 254 g/mol. The lowest BCUT2D eigenvalue weighted by Gasteiger charge is -2.21. The molecule has 1 aromatic carbocycles. The molecule has 0 bridgehead atoms. The summed E-state index contributed by atoms with van der Waals surface area (Å²) in [5.41, 5.74) is 3.14. The number of unbranched alkanes of at least 4 members (excludes halogenated alkanes) is 3. The summed E-state index contributed by atoms with van der Waals surface area (Å²) >= 11 is 0. The summed E-state index contributed by atoms with van der Waals surface area (Å²) in [6.07, 6.45) is 7.88. The van der Waals surface area contributed by atoms with Crippen LogP contribution in [0.25, 0.3) is 0 Å². The van der Waals surface area contributed by atoms with Crippen molar-refractivity contribution in [3.63, 3.8) is 0 Å². The van der Waals surface area contributed by atoms with Gasteiger partial charge in [-0.15, -0.1) is 0 Å². The van der Waals surface area contributed by atoms with E-state index in [4.69, 9.17) is 0 Å². The van der Waals surface area contributed by atoms with Crippen LogP contribution in [0.5, 0.6) is 0 Å². The van der Waals surface area contributed by atoms with E-state index in [0.717, 1.165) is 13.0 Å². The molecule has 0 amide bonds. The SMILES string of the molecule is CCCCCCC(Cc1ccc(C(C)(C)C)cc1)NCC. The topological polar surface area (TPSA) is 12.0 Å². The molecule has 0 spiro atoms. The summed E-state index contributed by atoms with van der Waals surface area (Å²) in [5.74, 6) is 0. The van der Waals surface area contributed by atoms with E-state index in [1.165, 1.54) is 43.2 Å². The minimum absolute atomic E-state index is 0.250. The van der Waals surface area contributed by atoms with E-state index < -0.39 is 0 Å². The fraction of sp³-hybridized carbons (Fsp3) is 0.700. The number of benzene rings is 1. The van der Waals surface area contributed by atoms with Crippen molar-refractivity contribution in [2.45, 2.75) is 84.6 Å². The van der Waals surface area contributed by atoms with Gasteiger partial charge in [-0.05, 0) is 35.9 Å². The van der Waals surface area contributed by atoms with E-state index in [-0.39, 0.29) is 5.41 Å². The zero-order chi connectivity index (χ0) is 15.7. The van der Waals surface area contributed by atoms with Gasteiger partial charge in [0, 0.05) is 6.04 Å². The second-order valence-corrected chi connectivity index (χ2v) is 7.25. The Labute approximate surface area is 132 Å². The summed E-state index contributed by atoms with van der Waals surface area (Å²) in [4.78, 5) is 0. The average Bonchev–Trinajstić information content (AvgIpc) is 2.43. The Hall–Kier alpha value is -0.820. The van der Waals surface area contributed by atoms with Crippen molar-refractivity contribution in [2.75, 3.05) is 6.54 Å². The van der Waals surface area contributed by atoms with Gasteiger partial charge in [-0.2, -0.15) is 0 Å². The Kier molecular flexibility index (Phi) is 8.03. The lowest BCUT2D eigenvalue weighted by atomic mass is 9.86. The molecule has 0 heterocycles. The second kappa shape index (κ2) is 9.25. The second-order valence-electron chi connectivity index (χ2n) is 7.25. The lowest BCUT2D eigenvalue weighted by molar-refractivity contribution is 0.463. The van der Waals surface area contributed by atoms with E-state index in [0.29, 0.717) is 6.04 Å². The monoisotopic (exact) mass is 289 g/mol. The standard InChI is InChI=1S/C20H35N/c1-6-8-9-10-11-19(21-7-2)16-17-12-14-18(15-13-17)20(3,4)5/h12-15,19,21H,6-11,16H2,1-5H3. The van der Waals surface area contributed by atoms with Crippen LogP contribution in [0, 0.1) is 0 Å². The molecule has 120 valence electrons. The quantitative estimate of drug-likeness (QED) is 0.594. The molecule has 0 saturated heterocycles. The van der Waals surface area contributed by atoms with Crippen LogP contribution in [-0.2, 0) is 11.8 Å². The Morgan fingerprint density at radius 2 is 1.62 bits per heavy atom. The van der Waals surface area contributed by atoms with Crippen molar-refractivity contribution in [2.24, 2.45) is 0 Å². The smallest absolute Gasteiger partial charge is 0.0107 e. The zero-order valence-corrected chi connectivity index (χ0v) is 14.8. The Morgan fingerprint density at radius 3 is 2.14 bits per heavy atom. The average molecular weight is 290 g/mol. The van der Waals surface area contributed by atoms with Gasteiger partial charge in [-0.25, -0.2) is 0 Å². The van der Waals surface area contributed by atoms with Crippen molar-refractivity contribution in [1.29, 1.82) is 0 Å². The van der Waals surface area contributed by atoms with Crippen LogP contribution in [0.1, 0.15) is 77.8 Å². The Bertz CT molecular complexity index is 372. The van der Waals surface area contributed by atoms with Gasteiger partial charge in [0.05, 0.1) is 0 Å². The summed E-state index contributed by atoms with van der Waals surface area (Å²) in [5, 5.41) is 3.65. The minimum Gasteiger partial charge on any atom is -0.314 e. The fourth-order valence-electron chi connectivity index (χ4n) is 2.81. The van der Waals surface area contributed by atoms with Crippen molar-refractivity contribution in [3.05, 3.63) is 35.4 Å². The molecule has 0 aliphatic rings. The highest BCUT2D eigenvalue weighted by atomic mass is 14.9. The van der Waals surface area contributed by atoms with Crippen molar-refractivity contribution in [1.82, 2.24) is 5.32 Å². The van der Waals surface area contributed by atoms with Gasteiger partial charge >= 0.3 is 0 Å². The molecule has 21 heavy (non-hydrogen) atoms. The van der Waals surface area contributed by atoms with Gasteiger partial charge < -0.3 is 5.32 Å². The highest BCUT2D eigenvalue weighted by molar-refractivity contribution is 5.28. The molecule has 1 rings (SSSR count). The molecule has 0 radical (unpaired) electrons. The van der Waals surface area contributed by atoms with Crippen molar-refractivity contribution in [3.8, 4) is 0 Å². The number of hydrogen-bond acceptors (Lipinski definition) is 1. The first-order chi connectivity index (χ1) is 9.97. The molecule has 0 aliphatic heterocycles. The van der Waals surface area contributed by atoms with Crippen molar-refractivity contribution >= 4 is 0 Å². The first-order valence-electron chi connectivity index (χ1n) is 8.80. The largest absolute Gasteiger partial charge is 0.314 e.